The van der Waals surface area contributed by atoms with Crippen molar-refractivity contribution in [2.45, 2.75) is 6.92 Å². The number of aliphatic imine (C=N–C) groups is 1. The van der Waals surface area contributed by atoms with Crippen LogP contribution in [0.2, 0.25) is 0 Å². The van der Waals surface area contributed by atoms with Gasteiger partial charge in [-0.3, -0.25) is 15.1 Å². The summed E-state index contributed by atoms with van der Waals surface area (Å²) in [6.07, 6.45) is 1.83. The van der Waals surface area contributed by atoms with E-state index in [1.807, 2.05) is 95.6 Å². The third kappa shape index (κ3) is 4.64. The van der Waals surface area contributed by atoms with E-state index in [1.54, 1.807) is 6.07 Å². The van der Waals surface area contributed by atoms with Gasteiger partial charge >= 0.3 is 0 Å². The van der Waals surface area contributed by atoms with Gasteiger partial charge in [-0.05, 0) is 36.8 Å². The van der Waals surface area contributed by atoms with Crippen molar-refractivity contribution in [2.24, 2.45) is 17.1 Å². The number of aromatic hydroxyl groups is 2. The molecule has 0 spiro atoms. The third-order valence-electron chi connectivity index (χ3n) is 5.70. The molecule has 0 aliphatic heterocycles. The number of benzene rings is 3. The number of phenols is 2. The zero-order valence-corrected chi connectivity index (χ0v) is 20.5. The van der Waals surface area contributed by atoms with E-state index in [-0.39, 0.29) is 11.5 Å². The average Bonchev–Trinajstić information content (AvgIpc) is 3.45. The number of nitrogens with zero attached hydrogens (tertiary/aromatic N) is 5. The lowest BCUT2D eigenvalue weighted by Gasteiger charge is -2.09. The van der Waals surface area contributed by atoms with Crippen molar-refractivity contribution in [3.63, 3.8) is 0 Å². The number of anilines is 1. The molecule has 0 atom stereocenters. The van der Waals surface area contributed by atoms with Crippen LogP contribution in [0, 0.1) is 6.92 Å². The average molecular weight is 497 g/mol. The molecule has 2 aromatic heterocycles. The maximum atomic E-state index is 10.2. The monoisotopic (exact) mass is 496 g/mol. The second kappa shape index (κ2) is 9.93. The molecule has 0 aliphatic rings. The van der Waals surface area contributed by atoms with Gasteiger partial charge in [0.15, 0.2) is 5.49 Å². The van der Waals surface area contributed by atoms with Crippen LogP contribution < -0.4 is 10.9 Å². The van der Waals surface area contributed by atoms with Crippen LogP contribution in [0.15, 0.2) is 94.3 Å². The maximum Gasteiger partial charge on any atom is 0.203 e. The topological polar surface area (TPSA) is 100.0 Å². The first-order valence-electron chi connectivity index (χ1n) is 11.2. The van der Waals surface area contributed by atoms with E-state index < -0.39 is 0 Å². The smallest absolute Gasteiger partial charge is 0.203 e. The van der Waals surface area contributed by atoms with Crippen LogP contribution in [-0.2, 0) is 7.05 Å². The maximum absolute atomic E-state index is 10.2. The van der Waals surface area contributed by atoms with Crippen molar-refractivity contribution < 1.29 is 10.2 Å². The summed E-state index contributed by atoms with van der Waals surface area (Å²) in [7, 11) is 1.97. The molecule has 2 heterocycles. The molecule has 0 saturated carbocycles. The van der Waals surface area contributed by atoms with Gasteiger partial charge in [-0.25, -0.2) is 9.67 Å². The standard InChI is InChI=1S/C27H24N6O2S/c1-18-25(28-16-19-9-5-3-6-10-19)26(33(32(18)2)20-11-7-4-8-12-20)30-31-27-29-23(17-36-27)22-14-13-21(34)15-24(22)35/h3-17,34-35H,1-2H3,(H,29,31)/b28-16?,30-26+. The Bertz CT molecular complexity index is 1600. The Hall–Kier alpha value is -4.63. The van der Waals surface area contributed by atoms with Gasteiger partial charge < -0.3 is 10.2 Å². The van der Waals surface area contributed by atoms with E-state index >= 15 is 0 Å². The molecule has 180 valence electrons. The predicted molar refractivity (Wildman–Crippen MR) is 143 cm³/mol. The molecule has 5 aromatic rings. The lowest BCUT2D eigenvalue weighted by molar-refractivity contribution is 0.452. The van der Waals surface area contributed by atoms with Crippen LogP contribution in [0.3, 0.4) is 0 Å². The van der Waals surface area contributed by atoms with E-state index in [4.69, 9.17) is 10.1 Å². The molecule has 0 saturated heterocycles. The van der Waals surface area contributed by atoms with Crippen LogP contribution in [0.1, 0.15) is 11.3 Å². The summed E-state index contributed by atoms with van der Waals surface area (Å²) < 4.78 is 4.00. The van der Waals surface area contributed by atoms with Crippen molar-refractivity contribution in [3.8, 4) is 28.4 Å². The minimum absolute atomic E-state index is 0.00618. The Labute approximate surface area is 211 Å². The number of nitrogens with one attached hydrogen (secondary N) is 1. The number of thiazole rings is 1. The normalized spacial score (nSPS) is 11.9. The minimum Gasteiger partial charge on any atom is -0.508 e. The summed E-state index contributed by atoms with van der Waals surface area (Å²) in [5.74, 6) is -0.0461. The van der Waals surface area contributed by atoms with E-state index in [1.165, 1.54) is 23.5 Å². The van der Waals surface area contributed by atoms with Crippen molar-refractivity contribution in [2.75, 3.05) is 5.43 Å². The molecule has 9 heteroatoms. The van der Waals surface area contributed by atoms with Crippen molar-refractivity contribution >= 4 is 28.4 Å². The molecule has 3 N–H and O–H groups in total. The molecule has 36 heavy (non-hydrogen) atoms. The fourth-order valence-electron chi connectivity index (χ4n) is 3.79. The van der Waals surface area contributed by atoms with Crippen LogP contribution in [-0.4, -0.2) is 30.8 Å². The van der Waals surface area contributed by atoms with Gasteiger partial charge in [0.1, 0.15) is 17.2 Å². The summed E-state index contributed by atoms with van der Waals surface area (Å²) in [5.41, 5.74) is 8.40. The van der Waals surface area contributed by atoms with E-state index in [2.05, 4.69) is 10.4 Å². The van der Waals surface area contributed by atoms with Gasteiger partial charge in [0.25, 0.3) is 0 Å². The van der Waals surface area contributed by atoms with Crippen LogP contribution >= 0.6 is 11.3 Å². The highest BCUT2D eigenvalue weighted by Gasteiger charge is 2.15. The molecule has 0 aliphatic carbocycles. The van der Waals surface area contributed by atoms with Crippen molar-refractivity contribution in [3.05, 3.63) is 101 Å². The quantitative estimate of drug-likeness (QED) is 0.218. The Morgan fingerprint density at radius 2 is 1.69 bits per heavy atom. The van der Waals surface area contributed by atoms with Crippen molar-refractivity contribution in [1.82, 2.24) is 14.3 Å². The number of rotatable bonds is 6. The molecule has 0 bridgehead atoms. The van der Waals surface area contributed by atoms with Crippen molar-refractivity contribution in [1.29, 1.82) is 0 Å². The van der Waals surface area contributed by atoms with Crippen LogP contribution in [0.5, 0.6) is 11.5 Å². The number of hydrogen-bond donors (Lipinski definition) is 3. The number of para-hydroxylation sites is 1. The fourth-order valence-corrected chi connectivity index (χ4v) is 4.44. The first kappa shape index (κ1) is 23.1. The molecular formula is C27H24N6O2S. The summed E-state index contributed by atoms with van der Waals surface area (Å²) >= 11 is 1.36. The third-order valence-corrected chi connectivity index (χ3v) is 6.45. The van der Waals surface area contributed by atoms with Gasteiger partial charge in [0.05, 0.1) is 17.1 Å². The molecule has 5 rings (SSSR count). The van der Waals surface area contributed by atoms with E-state index in [0.717, 1.165) is 22.6 Å². The van der Waals surface area contributed by atoms with Crippen LogP contribution in [0.4, 0.5) is 10.8 Å². The largest absolute Gasteiger partial charge is 0.508 e. The Balaban J connectivity index is 1.57. The Morgan fingerprint density at radius 3 is 2.42 bits per heavy atom. The lowest BCUT2D eigenvalue weighted by atomic mass is 10.1. The fraction of sp³-hybridized carbons (Fsp3) is 0.0741. The highest BCUT2D eigenvalue weighted by atomic mass is 32.1. The molecule has 0 unspecified atom stereocenters. The number of aromatic nitrogens is 3. The molecule has 8 nitrogen and oxygen atoms in total. The number of phenolic OH excluding ortho intramolecular Hbond substituents is 2. The molecule has 3 aromatic carbocycles. The Kier molecular flexibility index (Phi) is 6.38. The van der Waals surface area contributed by atoms with Gasteiger partial charge in [-0.15, -0.1) is 11.3 Å². The predicted octanol–water partition coefficient (Wildman–Crippen LogP) is 5.34. The summed E-state index contributed by atoms with van der Waals surface area (Å²) in [4.78, 5) is 9.35. The summed E-state index contributed by atoms with van der Waals surface area (Å²) in [6, 6.07) is 24.3. The first-order valence-corrected chi connectivity index (χ1v) is 12.1. The zero-order chi connectivity index (χ0) is 25.1. The zero-order valence-electron chi connectivity index (χ0n) is 19.7. The first-order chi connectivity index (χ1) is 17.5. The number of hydrogen-bond acceptors (Lipinski definition) is 7. The highest BCUT2D eigenvalue weighted by molar-refractivity contribution is 7.14. The van der Waals surface area contributed by atoms with E-state index in [0.29, 0.717) is 21.9 Å². The Morgan fingerprint density at radius 1 is 0.972 bits per heavy atom. The summed E-state index contributed by atoms with van der Waals surface area (Å²) in [5, 5.41) is 26.8. The summed E-state index contributed by atoms with van der Waals surface area (Å²) in [6.45, 7) is 2.01. The van der Waals surface area contributed by atoms with Gasteiger partial charge in [-0.1, -0.05) is 48.5 Å². The van der Waals surface area contributed by atoms with Gasteiger partial charge in [-0.2, -0.15) is 5.10 Å². The van der Waals surface area contributed by atoms with Gasteiger partial charge in [0, 0.05) is 30.3 Å². The second-order valence-corrected chi connectivity index (χ2v) is 8.92. The lowest BCUT2D eigenvalue weighted by Crippen LogP contribution is -2.22. The van der Waals surface area contributed by atoms with E-state index in [9.17, 15) is 10.2 Å². The highest BCUT2D eigenvalue weighted by Crippen LogP contribution is 2.33. The van der Waals surface area contributed by atoms with Gasteiger partial charge in [0.2, 0.25) is 5.13 Å². The molecule has 0 radical (unpaired) electrons. The molecular weight excluding hydrogens is 472 g/mol. The SMILES string of the molecule is Cc1c(N=Cc2ccccc2)/c(=N\Nc2nc(-c3ccc(O)cc3O)cs2)n(-c2ccccc2)n1C. The van der Waals surface area contributed by atoms with Crippen LogP contribution in [0.25, 0.3) is 16.9 Å². The molecule has 0 fully saturated rings. The minimum atomic E-state index is -0.0399. The molecule has 0 amide bonds. The second-order valence-electron chi connectivity index (χ2n) is 8.06.